The maximum absolute atomic E-state index is 13.9. The first-order chi connectivity index (χ1) is 31.4. The standard InChI is InChI=1S/C49H77N3O15/c1-25-31(63-43(59)37(64-42(58)29-19-20-30(21-29)52-50)35(27-15-11-9-12-16-27)51-44(60)67-45(3,4)5)23-49(61)40(65-41(57)28-17-13-10-14-18-28)38-47(8,39(56)36(55)34(25)46(49,6)7)32(54)22-33-48(38,24-62-33)66-26(2)53/h9-18,25-26,29-44,51-61H,19-24,50H2,1-8H3/t25?,26?,29?,30?,31?,32?,33?,34?,35-,36?,37+,38-,39?,40-,41?,42?,43?,44?,47?,48-,49?/m1/s1. The molecule has 13 N–H and O–H groups in total. The average molecular weight is 948 g/mol. The molecule has 4 aliphatic carbocycles. The minimum Gasteiger partial charge on any atom is -0.392 e. The highest BCUT2D eigenvalue weighted by Crippen LogP contribution is 2.66. The van der Waals surface area contributed by atoms with Gasteiger partial charge in [-0.2, -0.15) is 0 Å². The topological polar surface area (TPSA) is 288 Å². The van der Waals surface area contributed by atoms with Crippen molar-refractivity contribution in [3.8, 4) is 0 Å². The zero-order valence-corrected chi connectivity index (χ0v) is 40.0. The number of nitrogens with one attached hydrogen (secondary N) is 2. The Morgan fingerprint density at radius 1 is 0.866 bits per heavy atom. The van der Waals surface area contributed by atoms with Crippen LogP contribution >= 0.6 is 0 Å². The predicted octanol–water partition coefficient (Wildman–Crippen LogP) is 1.55. The van der Waals surface area contributed by atoms with Gasteiger partial charge in [-0.3, -0.25) is 16.6 Å². The largest absolute Gasteiger partial charge is 0.392 e. The summed E-state index contributed by atoms with van der Waals surface area (Å²) in [7, 11) is 0. The highest BCUT2D eigenvalue weighted by molar-refractivity contribution is 5.27. The van der Waals surface area contributed by atoms with Gasteiger partial charge in [-0.15, -0.1) is 0 Å². The van der Waals surface area contributed by atoms with E-state index in [9.17, 15) is 46.0 Å². The molecule has 2 aromatic carbocycles. The second-order valence-corrected chi connectivity index (χ2v) is 21.7. The average Bonchev–Trinajstić information content (AvgIpc) is 3.76. The van der Waals surface area contributed by atoms with Gasteiger partial charge in [0.25, 0.3) is 0 Å². The summed E-state index contributed by atoms with van der Waals surface area (Å²) < 4.78 is 38.1. The summed E-state index contributed by atoms with van der Waals surface area (Å²) >= 11 is 0. The van der Waals surface area contributed by atoms with Gasteiger partial charge in [0.2, 0.25) is 6.41 Å². The monoisotopic (exact) mass is 948 g/mol. The molecule has 2 bridgehead atoms. The summed E-state index contributed by atoms with van der Waals surface area (Å²) in [4.78, 5) is 0. The molecule has 67 heavy (non-hydrogen) atoms. The number of hydrogen-bond donors (Lipinski definition) is 12. The van der Waals surface area contributed by atoms with E-state index in [-0.39, 0.29) is 25.5 Å². The lowest BCUT2D eigenvalue weighted by Gasteiger charge is -2.71. The third kappa shape index (κ3) is 9.88. The van der Waals surface area contributed by atoms with Gasteiger partial charge in [-0.25, -0.2) is 0 Å². The summed E-state index contributed by atoms with van der Waals surface area (Å²) in [5.74, 6) is 2.30. The smallest absolute Gasteiger partial charge is 0.214 e. The van der Waals surface area contributed by atoms with Crippen LogP contribution in [0.3, 0.4) is 0 Å². The number of nitrogens with two attached hydrogens (primary N) is 1. The zero-order chi connectivity index (χ0) is 49.0. The highest BCUT2D eigenvalue weighted by Gasteiger charge is 2.78. The van der Waals surface area contributed by atoms with Gasteiger partial charge in [0.15, 0.2) is 25.2 Å². The van der Waals surface area contributed by atoms with Crippen LogP contribution < -0.4 is 16.6 Å². The van der Waals surface area contributed by atoms with Crippen LogP contribution in [0.15, 0.2) is 60.7 Å². The molecule has 0 radical (unpaired) electrons. The zero-order valence-electron chi connectivity index (χ0n) is 40.0. The number of aliphatic hydroxyl groups is 9. The molecule has 0 spiro atoms. The number of aliphatic hydroxyl groups excluding tert-OH is 8. The molecular formula is C49H77N3O15. The predicted molar refractivity (Wildman–Crippen MR) is 241 cm³/mol. The molecule has 1 aliphatic heterocycles. The Hall–Kier alpha value is -2.28. The Kier molecular flexibility index (Phi) is 15.7. The summed E-state index contributed by atoms with van der Waals surface area (Å²) in [5.41, 5.74) is -3.94. The van der Waals surface area contributed by atoms with Crippen LogP contribution in [0.5, 0.6) is 0 Å². The van der Waals surface area contributed by atoms with E-state index >= 15 is 0 Å². The van der Waals surface area contributed by atoms with E-state index in [0.29, 0.717) is 30.4 Å². The van der Waals surface area contributed by atoms with Crippen molar-refractivity contribution in [3.05, 3.63) is 71.8 Å². The minimum atomic E-state index is -2.15. The van der Waals surface area contributed by atoms with Gasteiger partial charge in [-0.1, -0.05) is 88.4 Å². The van der Waals surface area contributed by atoms with E-state index < -0.39 is 132 Å². The lowest BCUT2D eigenvalue weighted by atomic mass is 9.42. The van der Waals surface area contributed by atoms with E-state index in [1.807, 2.05) is 0 Å². The van der Waals surface area contributed by atoms with Crippen LogP contribution in [0.25, 0.3) is 0 Å². The van der Waals surface area contributed by atoms with Crippen molar-refractivity contribution in [1.29, 1.82) is 0 Å². The summed E-state index contributed by atoms with van der Waals surface area (Å²) in [5, 5.41) is 113. The van der Waals surface area contributed by atoms with E-state index in [1.54, 1.807) is 109 Å². The second kappa shape index (κ2) is 20.1. The van der Waals surface area contributed by atoms with Crippen LogP contribution in [0.2, 0.25) is 0 Å². The molecule has 4 saturated carbocycles. The van der Waals surface area contributed by atoms with Crippen molar-refractivity contribution >= 4 is 0 Å². The Balaban J connectivity index is 1.34. The molecule has 18 heteroatoms. The van der Waals surface area contributed by atoms with Crippen molar-refractivity contribution < 1.29 is 74.4 Å². The van der Waals surface area contributed by atoms with Crippen molar-refractivity contribution in [1.82, 2.24) is 10.7 Å². The first-order valence-electron chi connectivity index (χ1n) is 23.8. The maximum Gasteiger partial charge on any atom is 0.214 e. The molecule has 21 atom stereocenters. The first-order valence-corrected chi connectivity index (χ1v) is 23.8. The SMILES string of the molecule is CC(O)O[C@]12COC1CC(O)C1(C)C(O)C(O)C3C(C)C(OC(O)[C@@H](OC(O)C4CCC(NN)C4)[C@H](NC(O)OC(C)(C)C)c4ccccc4)CC(O)([C@H](OC(O)c4ccccc4)[C@H]12)C3(C)C. The number of rotatable bonds is 17. The molecular weight excluding hydrogens is 871 g/mol. The van der Waals surface area contributed by atoms with Crippen LogP contribution in [0.1, 0.15) is 111 Å². The Bertz CT molecular complexity index is 1910. The van der Waals surface area contributed by atoms with Gasteiger partial charge >= 0.3 is 0 Å². The number of fused-ring (bicyclic) bond motifs is 5. The van der Waals surface area contributed by atoms with Crippen LogP contribution in [0.4, 0.5) is 0 Å². The Morgan fingerprint density at radius 2 is 1.49 bits per heavy atom. The quantitative estimate of drug-likeness (QED) is 0.0609. The third-order valence-electron chi connectivity index (χ3n) is 16.2. The Labute approximate surface area is 393 Å². The van der Waals surface area contributed by atoms with Crippen LogP contribution in [-0.4, -0.2) is 143 Å². The molecule has 5 fully saturated rings. The molecule has 5 aliphatic rings. The van der Waals surface area contributed by atoms with Crippen LogP contribution in [0, 0.1) is 34.5 Å². The van der Waals surface area contributed by atoms with Gasteiger partial charge in [0, 0.05) is 53.0 Å². The molecule has 378 valence electrons. The van der Waals surface area contributed by atoms with Gasteiger partial charge in [-0.05, 0) is 58.4 Å². The Morgan fingerprint density at radius 3 is 2.04 bits per heavy atom. The third-order valence-corrected chi connectivity index (χ3v) is 16.2. The van der Waals surface area contributed by atoms with E-state index in [4.69, 9.17) is 34.3 Å². The van der Waals surface area contributed by atoms with Crippen molar-refractivity contribution in [2.75, 3.05) is 6.61 Å². The maximum atomic E-state index is 13.9. The fourth-order valence-corrected chi connectivity index (χ4v) is 12.6. The lowest BCUT2D eigenvalue weighted by Crippen LogP contribution is -2.83. The number of ether oxygens (including phenoxy) is 6. The first kappa shape index (κ1) is 52.5. The number of benzene rings is 2. The fraction of sp³-hybridized carbons (Fsp3) is 0.755. The second-order valence-electron chi connectivity index (χ2n) is 21.7. The van der Waals surface area contributed by atoms with Gasteiger partial charge in [0.1, 0.15) is 11.7 Å². The minimum absolute atomic E-state index is 0.0407. The van der Waals surface area contributed by atoms with Crippen molar-refractivity contribution in [2.24, 2.45) is 40.3 Å². The fourth-order valence-electron chi connectivity index (χ4n) is 12.6. The molecule has 7 rings (SSSR count). The molecule has 18 nitrogen and oxygen atoms in total. The number of hydrazine groups is 1. The summed E-state index contributed by atoms with van der Waals surface area (Å²) in [6.45, 7) is 13.4. The van der Waals surface area contributed by atoms with Crippen LogP contribution in [-0.2, 0) is 28.4 Å². The molecule has 16 unspecified atom stereocenters. The molecule has 1 saturated heterocycles. The summed E-state index contributed by atoms with van der Waals surface area (Å²) in [6.07, 6.45) is -16.5. The normalized spacial score (nSPS) is 40.4. The molecule has 2 aromatic rings. The molecule has 1 heterocycles. The van der Waals surface area contributed by atoms with Crippen molar-refractivity contribution in [3.63, 3.8) is 0 Å². The number of hydrogen-bond acceptors (Lipinski definition) is 18. The lowest BCUT2D eigenvalue weighted by molar-refractivity contribution is -0.417. The highest BCUT2D eigenvalue weighted by atomic mass is 16.7. The van der Waals surface area contributed by atoms with Gasteiger partial charge < -0.3 is 74.4 Å². The van der Waals surface area contributed by atoms with E-state index in [2.05, 4.69) is 10.7 Å². The van der Waals surface area contributed by atoms with E-state index in [0.717, 1.165) is 0 Å². The van der Waals surface area contributed by atoms with Gasteiger partial charge in [0.05, 0.1) is 60.5 Å². The molecule has 0 amide bonds. The summed E-state index contributed by atoms with van der Waals surface area (Å²) in [6, 6.07) is 16.2. The molecule has 0 aromatic heterocycles. The van der Waals surface area contributed by atoms with E-state index in [1.165, 1.54) is 6.92 Å². The van der Waals surface area contributed by atoms with Crippen molar-refractivity contribution in [2.45, 2.75) is 191 Å².